The largest absolute Gasteiger partial charge is 0.550 e. The average molecular weight is 596 g/mol. The molecule has 0 aromatic rings. The summed E-state index contributed by atoms with van der Waals surface area (Å²) >= 11 is 0. The van der Waals surface area contributed by atoms with Crippen LogP contribution in [0, 0.1) is 17.8 Å². The molecule has 0 aliphatic heterocycles. The van der Waals surface area contributed by atoms with Crippen LogP contribution in [-0.2, 0) is 14.4 Å². The Morgan fingerprint density at radius 2 is 0.905 bits per heavy atom. The van der Waals surface area contributed by atoms with Crippen molar-refractivity contribution in [1.82, 2.24) is 0 Å². The van der Waals surface area contributed by atoms with Crippen molar-refractivity contribution in [1.29, 1.82) is 0 Å². The molecule has 3 atom stereocenters. The summed E-state index contributed by atoms with van der Waals surface area (Å²) < 4.78 is 0.220. The molecule has 0 aliphatic carbocycles. The zero-order valence-electron chi connectivity index (χ0n) is 27.5. The van der Waals surface area contributed by atoms with Crippen molar-refractivity contribution in [3.63, 3.8) is 0 Å². The summed E-state index contributed by atoms with van der Waals surface area (Å²) in [6, 6.07) is 0. The molecule has 0 saturated heterocycles. The van der Waals surface area contributed by atoms with Gasteiger partial charge in [-0.15, -0.1) is 6.58 Å². The van der Waals surface area contributed by atoms with E-state index in [-0.39, 0.29) is 24.1 Å². The van der Waals surface area contributed by atoms with Gasteiger partial charge < -0.3 is 24.6 Å². The predicted molar refractivity (Wildman–Crippen MR) is 170 cm³/mol. The van der Waals surface area contributed by atoms with E-state index in [1.165, 1.54) is 83.5 Å². The first-order valence-corrected chi connectivity index (χ1v) is 17.3. The fourth-order valence-electron chi connectivity index (χ4n) is 6.24. The van der Waals surface area contributed by atoms with Crippen molar-refractivity contribution in [3.05, 3.63) is 12.7 Å². The fourth-order valence-corrected chi connectivity index (χ4v) is 6.24. The Morgan fingerprint density at radius 1 is 0.595 bits per heavy atom. The summed E-state index contributed by atoms with van der Waals surface area (Å²) in [5.41, 5.74) is 0. The lowest BCUT2D eigenvalue weighted by molar-refractivity contribution is -0.935. The molecule has 0 bridgehead atoms. The van der Waals surface area contributed by atoms with E-state index < -0.39 is 35.7 Å². The maximum Gasteiger partial charge on any atom is 0.312 e. The Bertz CT molecular complexity index is 664. The molecule has 0 rings (SSSR count). The lowest BCUT2D eigenvalue weighted by atomic mass is 9.95. The Morgan fingerprint density at radius 3 is 1.19 bits per heavy atom. The smallest absolute Gasteiger partial charge is 0.312 e. The van der Waals surface area contributed by atoms with Gasteiger partial charge in [0, 0.05) is 5.92 Å². The number of carbonyl (C=O) groups excluding carboxylic acids is 1. The van der Waals surface area contributed by atoms with Gasteiger partial charge >= 0.3 is 11.9 Å². The molecule has 0 heterocycles. The van der Waals surface area contributed by atoms with E-state index in [1.807, 2.05) is 19.9 Å². The van der Waals surface area contributed by atoms with Gasteiger partial charge in [0.05, 0.1) is 32.1 Å². The molecule has 42 heavy (non-hydrogen) atoms. The van der Waals surface area contributed by atoms with Crippen molar-refractivity contribution in [3.8, 4) is 0 Å². The number of unbranched alkanes of at least 4 members (excludes halogenated alkanes) is 16. The van der Waals surface area contributed by atoms with Crippen LogP contribution in [0.1, 0.15) is 149 Å². The number of quaternary nitrogens is 1. The normalized spacial score (nSPS) is 15.0. The molecule has 7 heteroatoms. The highest BCUT2D eigenvalue weighted by Gasteiger charge is 2.39. The third-order valence-electron chi connectivity index (χ3n) is 9.12. The average Bonchev–Trinajstić information content (AvgIpc) is 2.96. The highest BCUT2D eigenvalue weighted by molar-refractivity contribution is 5.70. The standard InChI is InChI=1S/C35H65NO6/c1-5-9-10-11-12-13-14-15-16-17-18-19-20-21-22-23-24-25-26-36(27-30(6-2)33(37)38,28-31(7-3)34(39)40)29-32(8-4)35(41)42/h5,30-32H,1,6-29H2,2-4H3,(H2-,37,38,39,40,41,42). The molecule has 0 spiro atoms. The fraction of sp³-hybridized carbons (Fsp3) is 0.857. The topological polar surface area (TPSA) is 115 Å². The first-order valence-electron chi connectivity index (χ1n) is 17.3. The maximum absolute atomic E-state index is 12.0. The minimum atomic E-state index is -1.14. The zero-order chi connectivity index (χ0) is 31.6. The highest BCUT2D eigenvalue weighted by atomic mass is 16.4. The summed E-state index contributed by atoms with van der Waals surface area (Å²) in [5.74, 6) is -4.94. The van der Waals surface area contributed by atoms with Crippen LogP contribution in [0.3, 0.4) is 0 Å². The van der Waals surface area contributed by atoms with E-state index in [2.05, 4.69) is 6.58 Å². The Hall–Kier alpha value is -1.89. The van der Waals surface area contributed by atoms with Gasteiger partial charge in [0.25, 0.3) is 0 Å². The Labute approximate surface area is 257 Å². The monoisotopic (exact) mass is 595 g/mol. The predicted octanol–water partition coefficient (Wildman–Crippen LogP) is 7.62. The first kappa shape index (κ1) is 40.1. The van der Waals surface area contributed by atoms with Crippen LogP contribution in [0.15, 0.2) is 12.7 Å². The minimum Gasteiger partial charge on any atom is -0.550 e. The number of rotatable bonds is 31. The summed E-state index contributed by atoms with van der Waals surface area (Å²) in [6.07, 6.45) is 24.4. The van der Waals surface area contributed by atoms with Gasteiger partial charge in [0.2, 0.25) is 0 Å². The third-order valence-corrected chi connectivity index (χ3v) is 9.12. The van der Waals surface area contributed by atoms with Gasteiger partial charge in [-0.3, -0.25) is 9.59 Å². The summed E-state index contributed by atoms with van der Waals surface area (Å²) in [6.45, 7) is 10.6. The molecule has 0 aromatic carbocycles. The van der Waals surface area contributed by atoms with Crippen molar-refractivity contribution in [2.24, 2.45) is 17.8 Å². The van der Waals surface area contributed by atoms with Crippen LogP contribution in [-0.4, -0.2) is 58.8 Å². The number of hydrogen-bond donors (Lipinski definition) is 2. The number of hydrogen-bond acceptors (Lipinski definition) is 4. The molecule has 2 N–H and O–H groups in total. The van der Waals surface area contributed by atoms with Gasteiger partial charge in [-0.2, -0.15) is 0 Å². The van der Waals surface area contributed by atoms with Gasteiger partial charge in [-0.05, 0) is 44.9 Å². The minimum absolute atomic E-state index is 0.220. The lowest BCUT2D eigenvalue weighted by Gasteiger charge is -2.44. The van der Waals surface area contributed by atoms with Crippen molar-refractivity contribution in [2.45, 2.75) is 149 Å². The van der Waals surface area contributed by atoms with E-state index in [1.54, 1.807) is 6.92 Å². The number of carboxylic acids is 3. The molecule has 246 valence electrons. The third kappa shape index (κ3) is 19.3. The van der Waals surface area contributed by atoms with Crippen molar-refractivity contribution < 1.29 is 34.2 Å². The van der Waals surface area contributed by atoms with Crippen molar-refractivity contribution in [2.75, 3.05) is 26.2 Å². The molecule has 7 nitrogen and oxygen atoms in total. The quantitative estimate of drug-likeness (QED) is 0.0484. The number of nitrogens with zero attached hydrogens (tertiary/aromatic N) is 1. The molecule has 3 unspecified atom stereocenters. The molecule has 0 aliphatic rings. The number of carboxylic acid groups (broad SMARTS) is 3. The Balaban J connectivity index is 4.65. The second-order valence-corrected chi connectivity index (χ2v) is 12.7. The second kappa shape index (κ2) is 25.6. The molecule has 0 amide bonds. The van der Waals surface area contributed by atoms with Gasteiger partial charge in [0.1, 0.15) is 11.8 Å². The van der Waals surface area contributed by atoms with E-state index in [9.17, 15) is 29.7 Å². The van der Waals surface area contributed by atoms with Crippen LogP contribution in [0.2, 0.25) is 0 Å². The van der Waals surface area contributed by atoms with Gasteiger partial charge in [-0.1, -0.05) is 110 Å². The molecule has 0 saturated carbocycles. The van der Waals surface area contributed by atoms with Crippen molar-refractivity contribution >= 4 is 17.9 Å². The molecular formula is C35H65NO6. The van der Waals surface area contributed by atoms with Crippen LogP contribution in [0.4, 0.5) is 0 Å². The SMILES string of the molecule is C=CCCCCCCCCCCCCCCCCCC[N+](CC(CC)C(=O)[O-])(CC(CC)C(=O)O)CC(CC)C(=O)O. The molecule has 0 fully saturated rings. The molecule has 0 aromatic heterocycles. The van der Waals surface area contributed by atoms with Crippen LogP contribution in [0.5, 0.6) is 0 Å². The number of allylic oxidation sites excluding steroid dienone is 1. The van der Waals surface area contributed by atoms with E-state index in [0.29, 0.717) is 25.8 Å². The molecular weight excluding hydrogens is 530 g/mol. The number of aliphatic carboxylic acids is 3. The number of carbonyl (C=O) groups is 3. The van der Waals surface area contributed by atoms with Crippen LogP contribution in [0.25, 0.3) is 0 Å². The molecule has 0 radical (unpaired) electrons. The first-order chi connectivity index (χ1) is 20.2. The van der Waals surface area contributed by atoms with E-state index in [0.717, 1.165) is 25.7 Å². The zero-order valence-corrected chi connectivity index (χ0v) is 27.5. The van der Waals surface area contributed by atoms with E-state index >= 15 is 0 Å². The Kier molecular flexibility index (Phi) is 24.4. The van der Waals surface area contributed by atoms with E-state index in [4.69, 9.17) is 0 Å². The van der Waals surface area contributed by atoms with Crippen LogP contribution < -0.4 is 5.11 Å². The van der Waals surface area contributed by atoms with Gasteiger partial charge in [-0.25, -0.2) is 0 Å². The second-order valence-electron chi connectivity index (χ2n) is 12.7. The summed E-state index contributed by atoms with van der Waals surface area (Å²) in [4.78, 5) is 35.8. The van der Waals surface area contributed by atoms with Crippen LogP contribution >= 0.6 is 0 Å². The van der Waals surface area contributed by atoms with Gasteiger partial charge in [0.15, 0.2) is 0 Å². The summed E-state index contributed by atoms with van der Waals surface area (Å²) in [7, 11) is 0. The maximum atomic E-state index is 12.0. The highest BCUT2D eigenvalue weighted by Crippen LogP contribution is 2.25. The lowest BCUT2D eigenvalue weighted by Crippen LogP contribution is -2.59. The summed E-state index contributed by atoms with van der Waals surface area (Å²) in [5, 5.41) is 31.5.